The van der Waals surface area contributed by atoms with E-state index < -0.39 is 0 Å². The summed E-state index contributed by atoms with van der Waals surface area (Å²) < 4.78 is 5.47. The van der Waals surface area contributed by atoms with Gasteiger partial charge in [0.25, 0.3) is 0 Å². The van der Waals surface area contributed by atoms with Crippen LogP contribution in [0.2, 0.25) is 0 Å². The van der Waals surface area contributed by atoms with Gasteiger partial charge in [-0.25, -0.2) is 0 Å². The molecule has 5 nitrogen and oxygen atoms in total. The highest BCUT2D eigenvalue weighted by Gasteiger charge is 2.17. The van der Waals surface area contributed by atoms with Crippen molar-refractivity contribution in [1.82, 2.24) is 10.2 Å². The van der Waals surface area contributed by atoms with Crippen LogP contribution in [0.15, 0.2) is 16.5 Å². The molecule has 0 radical (unpaired) electrons. The maximum absolute atomic E-state index is 11.1. The molecule has 0 atom stereocenters. The smallest absolute Gasteiger partial charge is 0.234 e. The standard InChI is InChI=1S/C10H15N3O2/c11-5-8-1-2-9(15-8)6-13-4-3-12-10(14)7-13/h1-2H,3-7,11H2,(H,12,14). The van der Waals surface area contributed by atoms with Gasteiger partial charge >= 0.3 is 0 Å². The fourth-order valence-corrected chi connectivity index (χ4v) is 1.66. The molecule has 82 valence electrons. The van der Waals surface area contributed by atoms with Crippen LogP contribution in [0.3, 0.4) is 0 Å². The fourth-order valence-electron chi connectivity index (χ4n) is 1.66. The van der Waals surface area contributed by atoms with Crippen molar-refractivity contribution in [1.29, 1.82) is 0 Å². The first kappa shape index (κ1) is 10.2. The van der Waals surface area contributed by atoms with E-state index in [2.05, 4.69) is 10.2 Å². The summed E-state index contributed by atoms with van der Waals surface area (Å²) in [5.41, 5.74) is 5.45. The molecule has 15 heavy (non-hydrogen) atoms. The number of piperazine rings is 1. The number of furan rings is 1. The van der Waals surface area contributed by atoms with Gasteiger partial charge in [0.05, 0.1) is 19.6 Å². The minimum absolute atomic E-state index is 0.0758. The van der Waals surface area contributed by atoms with Gasteiger partial charge in [-0.3, -0.25) is 9.69 Å². The first-order chi connectivity index (χ1) is 7.28. The van der Waals surface area contributed by atoms with Gasteiger partial charge in [0.2, 0.25) is 5.91 Å². The summed E-state index contributed by atoms with van der Waals surface area (Å²) in [4.78, 5) is 13.2. The minimum atomic E-state index is 0.0758. The highest BCUT2D eigenvalue weighted by atomic mass is 16.3. The van der Waals surface area contributed by atoms with Crippen LogP contribution < -0.4 is 11.1 Å². The van der Waals surface area contributed by atoms with Gasteiger partial charge in [0, 0.05) is 13.1 Å². The summed E-state index contributed by atoms with van der Waals surface area (Å²) in [5, 5.41) is 2.78. The van der Waals surface area contributed by atoms with E-state index in [9.17, 15) is 4.79 Å². The fraction of sp³-hybridized carbons (Fsp3) is 0.500. The van der Waals surface area contributed by atoms with Crippen LogP contribution in [-0.4, -0.2) is 30.4 Å². The Kier molecular flexibility index (Phi) is 3.03. The zero-order valence-corrected chi connectivity index (χ0v) is 8.53. The Balaban J connectivity index is 1.93. The van der Waals surface area contributed by atoms with Gasteiger partial charge in [-0.15, -0.1) is 0 Å². The van der Waals surface area contributed by atoms with Gasteiger partial charge in [-0.1, -0.05) is 0 Å². The average Bonchev–Trinajstić information content (AvgIpc) is 2.65. The van der Waals surface area contributed by atoms with E-state index in [0.717, 1.165) is 18.1 Å². The lowest BCUT2D eigenvalue weighted by atomic mass is 10.3. The highest BCUT2D eigenvalue weighted by molar-refractivity contribution is 5.78. The number of nitrogens with one attached hydrogen (secondary N) is 1. The van der Waals surface area contributed by atoms with Crippen LogP contribution in [0.5, 0.6) is 0 Å². The van der Waals surface area contributed by atoms with Gasteiger partial charge < -0.3 is 15.5 Å². The third-order valence-electron chi connectivity index (χ3n) is 2.42. The normalized spacial score (nSPS) is 17.8. The summed E-state index contributed by atoms with van der Waals surface area (Å²) in [6.45, 7) is 3.11. The second-order valence-electron chi connectivity index (χ2n) is 3.63. The molecule has 1 aliphatic rings. The summed E-state index contributed by atoms with van der Waals surface area (Å²) in [6.07, 6.45) is 0. The molecule has 0 aromatic carbocycles. The van der Waals surface area contributed by atoms with Crippen molar-refractivity contribution in [3.8, 4) is 0 Å². The molecule has 1 fully saturated rings. The monoisotopic (exact) mass is 209 g/mol. The predicted octanol–water partition coefficient (Wildman–Crippen LogP) is -0.330. The lowest BCUT2D eigenvalue weighted by molar-refractivity contribution is -0.124. The number of rotatable bonds is 3. The minimum Gasteiger partial charge on any atom is -0.463 e. The Hall–Kier alpha value is -1.33. The summed E-state index contributed by atoms with van der Waals surface area (Å²) in [6, 6.07) is 3.79. The first-order valence-corrected chi connectivity index (χ1v) is 5.04. The molecule has 0 aliphatic carbocycles. The quantitative estimate of drug-likeness (QED) is 0.715. The van der Waals surface area contributed by atoms with Gasteiger partial charge in [-0.2, -0.15) is 0 Å². The number of carbonyl (C=O) groups excluding carboxylic acids is 1. The summed E-state index contributed by atoms with van der Waals surface area (Å²) in [7, 11) is 0. The molecule has 0 unspecified atom stereocenters. The second kappa shape index (κ2) is 4.46. The van der Waals surface area contributed by atoms with Gasteiger partial charge in [0.15, 0.2) is 0 Å². The predicted molar refractivity (Wildman–Crippen MR) is 54.9 cm³/mol. The van der Waals surface area contributed by atoms with Crippen molar-refractivity contribution < 1.29 is 9.21 Å². The molecule has 1 amide bonds. The third kappa shape index (κ3) is 2.57. The van der Waals surface area contributed by atoms with Crippen molar-refractivity contribution in [2.45, 2.75) is 13.1 Å². The second-order valence-corrected chi connectivity index (χ2v) is 3.63. The third-order valence-corrected chi connectivity index (χ3v) is 2.42. The van der Waals surface area contributed by atoms with E-state index in [1.807, 2.05) is 12.1 Å². The molecule has 5 heteroatoms. The molecule has 1 aromatic heterocycles. The number of nitrogens with zero attached hydrogens (tertiary/aromatic N) is 1. The highest BCUT2D eigenvalue weighted by Crippen LogP contribution is 2.10. The number of nitrogens with two attached hydrogens (primary N) is 1. The average molecular weight is 209 g/mol. The maximum Gasteiger partial charge on any atom is 0.234 e. The molecule has 1 aliphatic heterocycles. The van der Waals surface area contributed by atoms with E-state index in [4.69, 9.17) is 10.2 Å². The van der Waals surface area contributed by atoms with Crippen LogP contribution in [-0.2, 0) is 17.9 Å². The van der Waals surface area contributed by atoms with Gasteiger partial charge in [-0.05, 0) is 12.1 Å². The number of hydrogen-bond donors (Lipinski definition) is 2. The zero-order chi connectivity index (χ0) is 10.7. The van der Waals surface area contributed by atoms with E-state index in [0.29, 0.717) is 26.2 Å². The zero-order valence-electron chi connectivity index (χ0n) is 8.53. The summed E-state index contributed by atoms with van der Waals surface area (Å²) in [5.74, 6) is 1.73. The first-order valence-electron chi connectivity index (χ1n) is 5.04. The molecule has 3 N–H and O–H groups in total. The molecular weight excluding hydrogens is 194 g/mol. The largest absolute Gasteiger partial charge is 0.463 e. The van der Waals surface area contributed by atoms with Crippen molar-refractivity contribution >= 4 is 5.91 Å². The van der Waals surface area contributed by atoms with Crippen molar-refractivity contribution in [3.05, 3.63) is 23.7 Å². The lowest BCUT2D eigenvalue weighted by Gasteiger charge is -2.25. The van der Waals surface area contributed by atoms with Crippen LogP contribution in [0.1, 0.15) is 11.5 Å². The number of carbonyl (C=O) groups is 1. The van der Waals surface area contributed by atoms with Crippen molar-refractivity contribution in [3.63, 3.8) is 0 Å². The van der Waals surface area contributed by atoms with Crippen LogP contribution in [0.4, 0.5) is 0 Å². The Morgan fingerprint density at radius 3 is 2.93 bits per heavy atom. The van der Waals surface area contributed by atoms with Crippen LogP contribution in [0, 0.1) is 0 Å². The molecular formula is C10H15N3O2. The molecule has 2 rings (SSSR count). The lowest BCUT2D eigenvalue weighted by Crippen LogP contribution is -2.47. The SMILES string of the molecule is NCc1ccc(CN2CCNC(=O)C2)o1. The van der Waals surface area contributed by atoms with E-state index >= 15 is 0 Å². The number of amides is 1. The Morgan fingerprint density at radius 1 is 1.47 bits per heavy atom. The molecule has 2 heterocycles. The Labute approximate surface area is 88.2 Å². The van der Waals surface area contributed by atoms with Gasteiger partial charge in [0.1, 0.15) is 11.5 Å². The van der Waals surface area contributed by atoms with E-state index in [1.165, 1.54) is 0 Å². The molecule has 0 spiro atoms. The molecule has 1 aromatic rings. The Morgan fingerprint density at radius 2 is 2.27 bits per heavy atom. The Bertz CT molecular complexity index is 348. The molecule has 1 saturated heterocycles. The molecule has 0 bridgehead atoms. The van der Waals surface area contributed by atoms with E-state index in [-0.39, 0.29) is 5.91 Å². The van der Waals surface area contributed by atoms with Crippen LogP contribution in [0.25, 0.3) is 0 Å². The number of hydrogen-bond acceptors (Lipinski definition) is 4. The summed E-state index contributed by atoms with van der Waals surface area (Å²) >= 11 is 0. The topological polar surface area (TPSA) is 71.5 Å². The maximum atomic E-state index is 11.1. The van der Waals surface area contributed by atoms with Crippen molar-refractivity contribution in [2.24, 2.45) is 5.73 Å². The van der Waals surface area contributed by atoms with Crippen molar-refractivity contribution in [2.75, 3.05) is 19.6 Å². The van der Waals surface area contributed by atoms with Crippen LogP contribution >= 0.6 is 0 Å². The van der Waals surface area contributed by atoms with E-state index in [1.54, 1.807) is 0 Å². The molecule has 0 saturated carbocycles.